The Hall–Kier alpha value is -3.98. The van der Waals surface area contributed by atoms with Crippen molar-refractivity contribution in [1.82, 2.24) is 0 Å². The van der Waals surface area contributed by atoms with Crippen LogP contribution in [0.5, 0.6) is 11.5 Å². The van der Waals surface area contributed by atoms with E-state index in [1.54, 1.807) is 36.1 Å². The van der Waals surface area contributed by atoms with Gasteiger partial charge in [-0.05, 0) is 35.4 Å². The zero-order valence-electron chi connectivity index (χ0n) is 18.7. The van der Waals surface area contributed by atoms with Crippen LogP contribution in [0, 0.1) is 24.7 Å². The van der Waals surface area contributed by atoms with Gasteiger partial charge in [-0.3, -0.25) is 0 Å². The molecule has 0 heterocycles. The van der Waals surface area contributed by atoms with Gasteiger partial charge in [0.15, 0.2) is 0 Å². The van der Waals surface area contributed by atoms with Crippen molar-refractivity contribution in [2.75, 3.05) is 26.4 Å². The molecule has 2 atom stereocenters. The molecule has 0 aliphatic carbocycles. The summed E-state index contributed by atoms with van der Waals surface area (Å²) in [6.07, 6.45) is 7.79. The van der Waals surface area contributed by atoms with Crippen LogP contribution in [0.25, 0.3) is 0 Å². The third kappa shape index (κ3) is 8.87. The summed E-state index contributed by atoms with van der Waals surface area (Å²) in [6, 6.07) is 14.8. The van der Waals surface area contributed by atoms with E-state index in [1.165, 1.54) is 0 Å². The Bertz CT molecular complexity index is 931. The predicted octanol–water partition coefficient (Wildman–Crippen LogP) is 1.67. The van der Waals surface area contributed by atoms with Crippen molar-refractivity contribution in [3.8, 4) is 36.2 Å². The molecule has 0 aromatic heterocycles. The van der Waals surface area contributed by atoms with Crippen molar-refractivity contribution in [3.63, 3.8) is 0 Å². The Balaban J connectivity index is 1.82. The lowest BCUT2D eigenvalue weighted by atomic mass is 9.93. The number of carbonyl (C=O) groups is 2. The lowest BCUT2D eigenvalue weighted by Gasteiger charge is -2.16. The Kier molecular flexibility index (Phi) is 10.5. The summed E-state index contributed by atoms with van der Waals surface area (Å²) in [5, 5.41) is 19.5. The summed E-state index contributed by atoms with van der Waals surface area (Å²) in [5.74, 6) is 3.14. The van der Waals surface area contributed by atoms with Gasteiger partial charge in [0.1, 0.15) is 50.1 Å². The number of hydrogen-bond donors (Lipinski definition) is 2. The molecule has 2 aromatic rings. The Morgan fingerprint density at radius 2 is 1.09 bits per heavy atom. The van der Waals surface area contributed by atoms with Crippen LogP contribution in [0.3, 0.4) is 0 Å². The van der Waals surface area contributed by atoms with Gasteiger partial charge in [-0.2, -0.15) is 0 Å². The molecule has 34 heavy (non-hydrogen) atoms. The first-order valence-electron chi connectivity index (χ1n) is 10.4. The fourth-order valence-electron chi connectivity index (χ4n) is 2.81. The van der Waals surface area contributed by atoms with E-state index in [9.17, 15) is 19.8 Å². The zero-order chi connectivity index (χ0) is 24.9. The van der Waals surface area contributed by atoms with Crippen molar-refractivity contribution in [1.29, 1.82) is 0 Å². The second kappa shape index (κ2) is 13.5. The molecule has 0 aliphatic rings. The smallest absolute Gasteiger partial charge is 0.384 e. The van der Waals surface area contributed by atoms with Gasteiger partial charge in [0.2, 0.25) is 0 Å². The van der Waals surface area contributed by atoms with E-state index in [2.05, 4.69) is 16.4 Å². The number of terminal acetylenes is 2. The number of esters is 2. The molecule has 2 unspecified atom stereocenters. The number of rotatable bonds is 12. The van der Waals surface area contributed by atoms with Gasteiger partial charge in [-0.15, -0.1) is 12.8 Å². The van der Waals surface area contributed by atoms with Crippen molar-refractivity contribution >= 4 is 11.9 Å². The molecule has 0 radical (unpaired) electrons. The number of benzene rings is 2. The van der Waals surface area contributed by atoms with Crippen LogP contribution < -0.4 is 9.47 Å². The minimum atomic E-state index is -0.990. The second-order valence-corrected chi connectivity index (χ2v) is 7.28. The molecule has 0 spiro atoms. The summed E-state index contributed by atoms with van der Waals surface area (Å²) >= 11 is 0. The van der Waals surface area contributed by atoms with Gasteiger partial charge in [0, 0.05) is 17.8 Å². The Labute approximate surface area is 198 Å². The van der Waals surface area contributed by atoms with Crippen molar-refractivity contribution in [2.24, 2.45) is 0 Å². The molecule has 8 heteroatoms. The maximum atomic E-state index is 10.9. The maximum absolute atomic E-state index is 10.9. The van der Waals surface area contributed by atoms with Gasteiger partial charge in [0.25, 0.3) is 0 Å². The highest BCUT2D eigenvalue weighted by Crippen LogP contribution is 2.27. The lowest BCUT2D eigenvalue weighted by Crippen LogP contribution is -2.24. The molecular weight excluding hydrogens is 440 g/mol. The highest BCUT2D eigenvalue weighted by Gasteiger charge is 2.12. The standard InChI is InChI=1S/C26H26O8/c1-4-25(29)33-16-21(27)14-31-23-10-6-19(7-11-23)18(3)20-8-12-24(13-9-20)32-15-22(28)17-34-26(30)5-2/h1-2,6-13,18,21-22,27-28H,14-17H2,3H3. The van der Waals surface area contributed by atoms with Crippen LogP contribution in [-0.2, 0) is 19.1 Å². The maximum Gasteiger partial charge on any atom is 0.384 e. The number of hydrogen-bond acceptors (Lipinski definition) is 8. The van der Waals surface area contributed by atoms with Gasteiger partial charge < -0.3 is 29.2 Å². The van der Waals surface area contributed by atoms with Gasteiger partial charge in [-0.1, -0.05) is 31.2 Å². The summed E-state index contributed by atoms with van der Waals surface area (Å²) < 4.78 is 20.3. The van der Waals surface area contributed by atoms with E-state index >= 15 is 0 Å². The van der Waals surface area contributed by atoms with Gasteiger partial charge >= 0.3 is 11.9 Å². The molecule has 0 saturated carbocycles. The molecule has 0 amide bonds. The van der Waals surface area contributed by atoms with E-state index in [4.69, 9.17) is 22.3 Å². The van der Waals surface area contributed by atoms with Crippen LogP contribution >= 0.6 is 0 Å². The summed E-state index contributed by atoms with van der Waals surface area (Å²) in [6.45, 7) is 1.48. The molecule has 0 saturated heterocycles. The molecule has 2 rings (SSSR count). The van der Waals surface area contributed by atoms with Gasteiger partial charge in [0.05, 0.1) is 0 Å². The highest BCUT2D eigenvalue weighted by molar-refractivity contribution is 5.87. The molecule has 0 bridgehead atoms. The first-order valence-corrected chi connectivity index (χ1v) is 10.4. The van der Waals surface area contributed by atoms with Crippen LogP contribution in [0.4, 0.5) is 0 Å². The number of aliphatic hydroxyl groups is 2. The lowest BCUT2D eigenvalue weighted by molar-refractivity contribution is -0.140. The molecule has 2 aromatic carbocycles. The predicted molar refractivity (Wildman–Crippen MR) is 123 cm³/mol. The third-order valence-electron chi connectivity index (χ3n) is 4.69. The van der Waals surface area contributed by atoms with E-state index in [0.29, 0.717) is 11.5 Å². The zero-order valence-corrected chi connectivity index (χ0v) is 18.7. The fraction of sp³-hybridized carbons (Fsp3) is 0.308. The third-order valence-corrected chi connectivity index (χ3v) is 4.69. The molecular formula is C26H26O8. The van der Waals surface area contributed by atoms with E-state index in [-0.39, 0.29) is 32.3 Å². The van der Waals surface area contributed by atoms with Crippen LogP contribution in [0.15, 0.2) is 48.5 Å². The monoisotopic (exact) mass is 466 g/mol. The first-order chi connectivity index (χ1) is 16.3. The van der Waals surface area contributed by atoms with Crippen molar-refractivity contribution < 1.29 is 38.7 Å². The molecule has 178 valence electrons. The summed E-state index contributed by atoms with van der Waals surface area (Å²) in [5.41, 5.74) is 2.10. The number of ether oxygens (including phenoxy) is 4. The first kappa shape index (κ1) is 26.3. The van der Waals surface area contributed by atoms with E-state index < -0.39 is 24.1 Å². The van der Waals surface area contributed by atoms with E-state index in [1.807, 2.05) is 24.3 Å². The van der Waals surface area contributed by atoms with E-state index in [0.717, 1.165) is 11.1 Å². The van der Waals surface area contributed by atoms with Crippen LogP contribution in [0.1, 0.15) is 24.0 Å². The molecule has 0 fully saturated rings. The van der Waals surface area contributed by atoms with Crippen molar-refractivity contribution in [2.45, 2.75) is 25.0 Å². The fourth-order valence-corrected chi connectivity index (χ4v) is 2.81. The summed E-state index contributed by atoms with van der Waals surface area (Å²) in [4.78, 5) is 21.8. The molecule has 2 N–H and O–H groups in total. The van der Waals surface area contributed by atoms with Gasteiger partial charge in [-0.25, -0.2) is 9.59 Å². The normalized spacial score (nSPS) is 12.9. The minimum Gasteiger partial charge on any atom is -0.491 e. The molecule has 8 nitrogen and oxygen atoms in total. The van der Waals surface area contributed by atoms with Crippen LogP contribution in [-0.4, -0.2) is 60.8 Å². The Morgan fingerprint density at radius 3 is 1.41 bits per heavy atom. The average Bonchev–Trinajstić information content (AvgIpc) is 2.87. The Morgan fingerprint density at radius 1 is 0.735 bits per heavy atom. The SMILES string of the molecule is C#CC(=O)OCC(O)COc1ccc(C(C)c2ccc(OCC(O)COC(=O)C#C)cc2)cc1. The minimum absolute atomic E-state index is 0.0464. The number of aliphatic hydroxyl groups excluding tert-OH is 2. The largest absolute Gasteiger partial charge is 0.491 e. The second-order valence-electron chi connectivity index (χ2n) is 7.28. The van der Waals surface area contributed by atoms with Crippen molar-refractivity contribution in [3.05, 3.63) is 59.7 Å². The highest BCUT2D eigenvalue weighted by atomic mass is 16.6. The summed E-state index contributed by atoms with van der Waals surface area (Å²) in [7, 11) is 0. The molecule has 0 aliphatic heterocycles. The van der Waals surface area contributed by atoms with Crippen LogP contribution in [0.2, 0.25) is 0 Å². The quantitative estimate of drug-likeness (QED) is 0.276. The average molecular weight is 466 g/mol. The number of carbonyl (C=O) groups excluding carboxylic acids is 2. The topological polar surface area (TPSA) is 112 Å².